The van der Waals surface area contributed by atoms with E-state index in [0.29, 0.717) is 17.0 Å². The fraction of sp³-hybridized carbons (Fsp3) is 0.161. The van der Waals surface area contributed by atoms with E-state index in [-0.39, 0.29) is 0 Å². The highest BCUT2D eigenvalue weighted by molar-refractivity contribution is 7.27. The van der Waals surface area contributed by atoms with E-state index in [2.05, 4.69) is 14.3 Å². The quantitative estimate of drug-likeness (QED) is 0.238. The highest BCUT2D eigenvalue weighted by atomic mass is 31.0. The molecule has 0 fully saturated rings. The van der Waals surface area contributed by atoms with Crippen LogP contribution in [0.5, 0.6) is 0 Å². The van der Waals surface area contributed by atoms with Crippen LogP contribution in [0.15, 0.2) is 85.2 Å². The molecule has 8 heteroatoms. The molecule has 0 spiro atoms. The lowest BCUT2D eigenvalue weighted by Gasteiger charge is -2.21. The van der Waals surface area contributed by atoms with Crippen LogP contribution in [0.1, 0.15) is 26.5 Å². The molecule has 0 aliphatic rings. The third-order valence-electron chi connectivity index (χ3n) is 6.46. The minimum Gasteiger partial charge on any atom is -0.443 e. The summed E-state index contributed by atoms with van der Waals surface area (Å²) in [6.45, 7) is 7.57. The summed E-state index contributed by atoms with van der Waals surface area (Å²) in [6, 6.07) is 24.0. The number of pyridine rings is 1. The third-order valence-corrected chi connectivity index (χ3v) is 6.82. The van der Waals surface area contributed by atoms with Gasteiger partial charge < -0.3 is 4.74 Å². The number of aromatic nitrogens is 5. The lowest BCUT2D eigenvalue weighted by molar-refractivity contribution is 0.0547. The average Bonchev–Trinajstić information content (AvgIpc) is 3.50. The Labute approximate surface area is 228 Å². The first kappa shape index (κ1) is 25.0. The van der Waals surface area contributed by atoms with Crippen LogP contribution in [0.3, 0.4) is 0 Å². The smallest absolute Gasteiger partial charge is 0.419 e. The molecule has 194 valence electrons. The van der Waals surface area contributed by atoms with Crippen molar-refractivity contribution in [3.8, 4) is 33.8 Å². The largest absolute Gasteiger partial charge is 0.443 e. The highest BCUT2D eigenvalue weighted by Gasteiger charge is 2.24. The summed E-state index contributed by atoms with van der Waals surface area (Å²) in [5.74, 6) is 0. The van der Waals surface area contributed by atoms with Crippen molar-refractivity contribution in [3.63, 3.8) is 0 Å². The Bertz CT molecular complexity index is 1850. The summed E-state index contributed by atoms with van der Waals surface area (Å²) in [4.78, 5) is 23.1. The van der Waals surface area contributed by atoms with Gasteiger partial charge in [0.15, 0.2) is 5.65 Å². The van der Waals surface area contributed by atoms with Gasteiger partial charge in [0.05, 0.1) is 28.8 Å². The predicted octanol–water partition coefficient (Wildman–Crippen LogP) is 6.67. The minimum absolute atomic E-state index is 0.447. The molecule has 7 nitrogen and oxygen atoms in total. The summed E-state index contributed by atoms with van der Waals surface area (Å²) in [5.41, 5.74) is 6.74. The number of nitrogens with zero attached hydrogens (tertiary/aromatic N) is 5. The molecule has 0 saturated carbocycles. The number of benzene rings is 2. The van der Waals surface area contributed by atoms with Crippen molar-refractivity contribution in [1.82, 2.24) is 24.1 Å². The molecule has 0 saturated heterocycles. The van der Waals surface area contributed by atoms with Gasteiger partial charge in [0.2, 0.25) is 0 Å². The van der Waals surface area contributed by atoms with E-state index in [1.807, 2.05) is 117 Å². The number of fused-ring (bicyclic) bond motifs is 2. The van der Waals surface area contributed by atoms with Crippen molar-refractivity contribution >= 4 is 37.2 Å². The lowest BCUT2D eigenvalue weighted by atomic mass is 10.1. The molecular weight excluding hydrogens is 505 g/mol. The summed E-state index contributed by atoms with van der Waals surface area (Å²) >= 11 is 0. The molecule has 0 aliphatic carbocycles. The fourth-order valence-electron chi connectivity index (χ4n) is 4.71. The van der Waals surface area contributed by atoms with Gasteiger partial charge in [-0.2, -0.15) is 5.10 Å². The predicted molar refractivity (Wildman–Crippen MR) is 158 cm³/mol. The summed E-state index contributed by atoms with van der Waals surface area (Å²) in [7, 11) is 2.71. The molecule has 2 aromatic carbocycles. The van der Waals surface area contributed by atoms with E-state index in [0.717, 1.165) is 44.3 Å². The van der Waals surface area contributed by atoms with Crippen LogP contribution in [0.25, 0.3) is 50.3 Å². The topological polar surface area (TPSA) is 74.3 Å². The van der Waals surface area contributed by atoms with Gasteiger partial charge in [-0.3, -0.25) is 4.98 Å². The van der Waals surface area contributed by atoms with Gasteiger partial charge >= 0.3 is 6.09 Å². The first-order valence-electron chi connectivity index (χ1n) is 12.7. The molecule has 1 unspecified atom stereocenters. The molecule has 0 radical (unpaired) electrons. The van der Waals surface area contributed by atoms with Crippen LogP contribution in [0.4, 0.5) is 4.79 Å². The molecule has 4 aromatic heterocycles. The van der Waals surface area contributed by atoms with Crippen molar-refractivity contribution in [1.29, 1.82) is 0 Å². The average molecular weight is 534 g/mol. The van der Waals surface area contributed by atoms with Crippen molar-refractivity contribution < 1.29 is 9.53 Å². The molecule has 0 amide bonds. The third kappa shape index (κ3) is 4.70. The van der Waals surface area contributed by atoms with Crippen molar-refractivity contribution in [2.75, 3.05) is 0 Å². The first-order chi connectivity index (χ1) is 18.7. The van der Waals surface area contributed by atoms with Crippen molar-refractivity contribution in [2.24, 2.45) is 0 Å². The van der Waals surface area contributed by atoms with Crippen molar-refractivity contribution in [2.45, 2.75) is 33.3 Å². The maximum atomic E-state index is 13.4. The van der Waals surface area contributed by atoms with Crippen LogP contribution < -0.4 is 5.30 Å². The van der Waals surface area contributed by atoms with E-state index in [4.69, 9.17) is 14.7 Å². The molecule has 0 bridgehead atoms. The summed E-state index contributed by atoms with van der Waals surface area (Å²) in [5, 5.41) is 6.55. The van der Waals surface area contributed by atoms with Gasteiger partial charge in [0.1, 0.15) is 5.60 Å². The zero-order valence-electron chi connectivity index (χ0n) is 22.2. The first-order valence-corrected chi connectivity index (χ1v) is 13.3. The van der Waals surface area contributed by atoms with Crippen molar-refractivity contribution in [3.05, 3.63) is 90.9 Å². The van der Waals surface area contributed by atoms with Gasteiger partial charge in [-0.25, -0.2) is 18.9 Å². The number of rotatable bonds is 3. The lowest BCUT2D eigenvalue weighted by Crippen LogP contribution is -2.27. The van der Waals surface area contributed by atoms with Crippen LogP contribution >= 0.6 is 9.24 Å². The van der Waals surface area contributed by atoms with E-state index in [9.17, 15) is 4.79 Å². The van der Waals surface area contributed by atoms with Crippen LogP contribution in [-0.2, 0) is 4.74 Å². The van der Waals surface area contributed by atoms with E-state index < -0.39 is 11.7 Å². The maximum Gasteiger partial charge on any atom is 0.419 e. The Morgan fingerprint density at radius 3 is 2.41 bits per heavy atom. The monoisotopic (exact) mass is 533 g/mol. The molecule has 4 heterocycles. The Morgan fingerprint density at radius 1 is 0.897 bits per heavy atom. The minimum atomic E-state index is -0.643. The van der Waals surface area contributed by atoms with E-state index in [1.165, 1.54) is 0 Å². The SMILES string of the molecule is Cc1cc(-c2cc3cc(P)ccc3n2C(=O)OC(C)(C)C)nc2c(-c3ccc(-c4ccccc4)nc3)cnn12. The highest BCUT2D eigenvalue weighted by Crippen LogP contribution is 2.32. The van der Waals surface area contributed by atoms with Gasteiger partial charge in [0, 0.05) is 34.0 Å². The number of hydrogen-bond donors (Lipinski definition) is 0. The molecular formula is C31H28N5O2P. The summed E-state index contributed by atoms with van der Waals surface area (Å²) in [6.07, 6.45) is 3.21. The van der Waals surface area contributed by atoms with E-state index in [1.54, 1.807) is 4.57 Å². The Morgan fingerprint density at radius 2 is 1.69 bits per heavy atom. The van der Waals surface area contributed by atoms with Gasteiger partial charge in [0.25, 0.3) is 0 Å². The zero-order valence-corrected chi connectivity index (χ0v) is 23.4. The second kappa shape index (κ2) is 9.44. The normalized spacial score (nSPS) is 11.8. The fourth-order valence-corrected chi connectivity index (χ4v) is 4.98. The van der Waals surface area contributed by atoms with Crippen LogP contribution in [-0.4, -0.2) is 35.8 Å². The maximum absolute atomic E-state index is 13.4. The Balaban J connectivity index is 1.49. The zero-order chi connectivity index (χ0) is 27.3. The van der Waals surface area contributed by atoms with Crippen LogP contribution in [0.2, 0.25) is 0 Å². The second-order valence-corrected chi connectivity index (χ2v) is 11.2. The molecule has 6 aromatic rings. The number of aryl methyl sites for hydroxylation is 1. The standard InChI is InChI=1S/C31H28N5O2P/c1-19-14-26(28-16-22-15-23(39)11-13-27(22)35(28)30(37)38-31(2,3)4)34-29-24(18-33-36(19)29)21-10-12-25(32-17-21)20-8-6-5-7-9-20/h5-18H,39H2,1-4H3. The number of carbonyl (C=O) groups excluding carboxylic acids is 1. The van der Waals surface area contributed by atoms with Gasteiger partial charge in [-0.15, -0.1) is 9.24 Å². The Hall–Kier alpha value is -4.35. The number of carbonyl (C=O) groups is 1. The summed E-state index contributed by atoms with van der Waals surface area (Å²) < 4.78 is 9.21. The molecule has 6 rings (SSSR count). The number of hydrogen-bond acceptors (Lipinski definition) is 5. The molecule has 0 aliphatic heterocycles. The van der Waals surface area contributed by atoms with E-state index >= 15 is 0 Å². The molecule has 0 N–H and O–H groups in total. The molecule has 1 atom stereocenters. The van der Waals surface area contributed by atoms with Gasteiger partial charge in [-0.05, 0) is 63.3 Å². The second-order valence-electron chi connectivity index (χ2n) is 10.5. The van der Waals surface area contributed by atoms with Gasteiger partial charge in [-0.1, -0.05) is 42.5 Å². The van der Waals surface area contributed by atoms with Crippen LogP contribution in [0, 0.1) is 6.92 Å². The Kier molecular flexibility index (Phi) is 6.04. The molecule has 39 heavy (non-hydrogen) atoms. The number of ether oxygens (including phenoxy) is 1.